The van der Waals surface area contributed by atoms with Crippen LogP contribution >= 0.6 is 11.3 Å². The van der Waals surface area contributed by atoms with Gasteiger partial charge >= 0.3 is 0 Å². The first kappa shape index (κ1) is 18.8. The lowest BCUT2D eigenvalue weighted by atomic mass is 9.94. The normalized spacial score (nSPS) is 11.8. The van der Waals surface area contributed by atoms with Gasteiger partial charge in [0.15, 0.2) is 5.13 Å². The Morgan fingerprint density at radius 2 is 2.11 bits per heavy atom. The lowest BCUT2D eigenvalue weighted by molar-refractivity contribution is -0.115. The van der Waals surface area contributed by atoms with E-state index in [0.717, 1.165) is 10.6 Å². The van der Waals surface area contributed by atoms with Crippen LogP contribution in [-0.2, 0) is 16.6 Å². The van der Waals surface area contributed by atoms with E-state index < -0.39 is 0 Å². The molecule has 0 radical (unpaired) electrons. The van der Waals surface area contributed by atoms with Crippen LogP contribution in [0.4, 0.5) is 5.13 Å². The van der Waals surface area contributed by atoms with Gasteiger partial charge in [-0.1, -0.05) is 38.2 Å². The molecule has 8 heteroatoms. The monoisotopic (exact) mass is 384 g/mol. The number of pyridine rings is 1. The van der Waals surface area contributed by atoms with Gasteiger partial charge in [0.25, 0.3) is 5.56 Å². The van der Waals surface area contributed by atoms with Crippen molar-refractivity contribution in [3.05, 3.63) is 63.2 Å². The van der Waals surface area contributed by atoms with Crippen molar-refractivity contribution >= 4 is 34.5 Å². The van der Waals surface area contributed by atoms with Crippen LogP contribution in [0.25, 0.3) is 12.2 Å². The highest BCUT2D eigenvalue weighted by Crippen LogP contribution is 2.24. The SMILES string of the molecule is CC(C)(C)c1cnc(/C=C/c2cnc(NC(=O)Cc3ccc[nH]c3=O)s2)o1. The Morgan fingerprint density at radius 1 is 1.30 bits per heavy atom. The highest BCUT2D eigenvalue weighted by molar-refractivity contribution is 7.16. The van der Waals surface area contributed by atoms with Gasteiger partial charge in [0.2, 0.25) is 11.8 Å². The molecule has 0 aromatic carbocycles. The zero-order valence-electron chi connectivity index (χ0n) is 15.3. The first-order chi connectivity index (χ1) is 12.8. The smallest absolute Gasteiger partial charge is 0.251 e. The molecule has 7 nitrogen and oxygen atoms in total. The summed E-state index contributed by atoms with van der Waals surface area (Å²) in [5.41, 5.74) is 0.0443. The number of thiazole rings is 1. The molecule has 2 N–H and O–H groups in total. The molecule has 1 amide bonds. The van der Waals surface area contributed by atoms with Gasteiger partial charge in [0.05, 0.1) is 12.6 Å². The molecular formula is C19H20N4O3S. The number of anilines is 1. The molecule has 0 spiro atoms. The van der Waals surface area contributed by atoms with Crippen LogP contribution in [0.2, 0.25) is 0 Å². The Bertz CT molecular complexity index is 1020. The molecule has 3 aromatic rings. The van der Waals surface area contributed by atoms with Crippen molar-refractivity contribution < 1.29 is 9.21 Å². The Kier molecular flexibility index (Phi) is 5.36. The number of carbonyl (C=O) groups is 1. The van der Waals surface area contributed by atoms with Crippen LogP contribution < -0.4 is 10.9 Å². The largest absolute Gasteiger partial charge is 0.441 e. The van der Waals surface area contributed by atoms with Crippen LogP contribution in [-0.4, -0.2) is 20.9 Å². The molecule has 0 unspecified atom stereocenters. The van der Waals surface area contributed by atoms with Crippen LogP contribution in [0, 0.1) is 0 Å². The van der Waals surface area contributed by atoms with Gasteiger partial charge in [-0.2, -0.15) is 0 Å². The summed E-state index contributed by atoms with van der Waals surface area (Å²) >= 11 is 1.32. The zero-order valence-corrected chi connectivity index (χ0v) is 16.1. The number of H-pyrrole nitrogens is 1. The Morgan fingerprint density at radius 3 is 2.81 bits per heavy atom. The topological polar surface area (TPSA) is 101 Å². The lowest BCUT2D eigenvalue weighted by Crippen LogP contribution is -2.20. The third-order valence-corrected chi connectivity index (χ3v) is 4.55. The number of oxazole rings is 1. The molecule has 0 atom stereocenters. The molecule has 3 rings (SSSR count). The summed E-state index contributed by atoms with van der Waals surface area (Å²) in [5.74, 6) is 1.04. The quantitative estimate of drug-likeness (QED) is 0.701. The minimum Gasteiger partial charge on any atom is -0.441 e. The maximum Gasteiger partial charge on any atom is 0.251 e. The molecule has 3 aromatic heterocycles. The van der Waals surface area contributed by atoms with Crippen molar-refractivity contribution in [2.75, 3.05) is 5.32 Å². The van der Waals surface area contributed by atoms with Gasteiger partial charge in [-0.3, -0.25) is 9.59 Å². The third-order valence-electron chi connectivity index (χ3n) is 3.67. The highest BCUT2D eigenvalue weighted by Gasteiger charge is 2.18. The molecule has 0 saturated carbocycles. The second kappa shape index (κ2) is 7.71. The number of aromatic amines is 1. The highest BCUT2D eigenvalue weighted by atomic mass is 32.1. The van der Waals surface area contributed by atoms with Gasteiger partial charge in [-0.05, 0) is 12.1 Å². The average Bonchev–Trinajstić information content (AvgIpc) is 3.24. The summed E-state index contributed by atoms with van der Waals surface area (Å²) < 4.78 is 5.70. The Hall–Kier alpha value is -3.00. The first-order valence-corrected chi connectivity index (χ1v) is 9.19. The van der Waals surface area contributed by atoms with Gasteiger partial charge in [0, 0.05) is 34.3 Å². The predicted octanol–water partition coefficient (Wildman–Crippen LogP) is 3.47. The van der Waals surface area contributed by atoms with Gasteiger partial charge in [-0.15, -0.1) is 0 Å². The summed E-state index contributed by atoms with van der Waals surface area (Å²) in [5, 5.41) is 3.17. The number of carbonyl (C=O) groups excluding carboxylic acids is 1. The molecule has 3 heterocycles. The van der Waals surface area contributed by atoms with E-state index in [1.54, 1.807) is 30.6 Å². The van der Waals surface area contributed by atoms with Crippen LogP contribution in [0.3, 0.4) is 0 Å². The van der Waals surface area contributed by atoms with Crippen molar-refractivity contribution in [3.8, 4) is 0 Å². The van der Waals surface area contributed by atoms with E-state index in [-0.39, 0.29) is 23.3 Å². The van der Waals surface area contributed by atoms with Crippen LogP contribution in [0.15, 0.2) is 39.9 Å². The molecule has 0 aliphatic heterocycles. The fourth-order valence-electron chi connectivity index (χ4n) is 2.22. The molecular weight excluding hydrogens is 364 g/mol. The maximum absolute atomic E-state index is 12.1. The Balaban J connectivity index is 1.61. The van der Waals surface area contributed by atoms with Crippen LogP contribution in [0.5, 0.6) is 0 Å². The number of nitrogens with one attached hydrogen (secondary N) is 2. The van der Waals surface area contributed by atoms with E-state index in [4.69, 9.17) is 4.42 Å². The van der Waals surface area contributed by atoms with Gasteiger partial charge < -0.3 is 14.7 Å². The number of aromatic nitrogens is 3. The number of hydrogen-bond acceptors (Lipinski definition) is 6. The minimum absolute atomic E-state index is 0.00712. The van der Waals surface area contributed by atoms with Crippen molar-refractivity contribution in [1.29, 1.82) is 0 Å². The number of nitrogens with zero attached hydrogens (tertiary/aromatic N) is 2. The summed E-state index contributed by atoms with van der Waals surface area (Å²) in [4.78, 5) is 35.5. The molecule has 27 heavy (non-hydrogen) atoms. The maximum atomic E-state index is 12.1. The molecule has 0 bridgehead atoms. The third kappa shape index (κ3) is 5.01. The van der Waals surface area contributed by atoms with E-state index in [9.17, 15) is 9.59 Å². The summed E-state index contributed by atoms with van der Waals surface area (Å²) in [6, 6.07) is 3.31. The van der Waals surface area contributed by atoms with Gasteiger partial charge in [-0.25, -0.2) is 9.97 Å². The zero-order chi connectivity index (χ0) is 19.4. The van der Waals surface area contributed by atoms with E-state index >= 15 is 0 Å². The fourth-order valence-corrected chi connectivity index (χ4v) is 2.95. The molecule has 0 aliphatic rings. The van der Waals surface area contributed by atoms with Crippen molar-refractivity contribution in [3.63, 3.8) is 0 Å². The summed E-state index contributed by atoms with van der Waals surface area (Å²) in [6.45, 7) is 6.17. The second-order valence-corrected chi connectivity index (χ2v) is 8.03. The lowest BCUT2D eigenvalue weighted by Gasteiger charge is -2.12. The summed E-state index contributed by atoms with van der Waals surface area (Å²) in [6.07, 6.45) is 8.49. The van der Waals surface area contributed by atoms with Crippen molar-refractivity contribution in [2.45, 2.75) is 32.6 Å². The standard InChI is InChI=1S/C19H20N4O3S/c1-19(2,3)14-11-21-16(26-14)7-6-13-10-22-18(27-13)23-15(24)9-12-5-4-8-20-17(12)25/h4-8,10-11H,9H2,1-3H3,(H,20,25)(H,22,23,24)/b7-6+. The fraction of sp³-hybridized carbons (Fsp3) is 0.263. The van der Waals surface area contributed by atoms with Gasteiger partial charge in [0.1, 0.15) is 5.76 Å². The van der Waals surface area contributed by atoms with E-state index in [1.807, 2.05) is 6.08 Å². The van der Waals surface area contributed by atoms with Crippen molar-refractivity contribution in [2.24, 2.45) is 0 Å². The van der Waals surface area contributed by atoms with E-state index in [2.05, 4.69) is 41.0 Å². The number of amides is 1. The summed E-state index contributed by atoms with van der Waals surface area (Å²) in [7, 11) is 0. The molecule has 0 fully saturated rings. The van der Waals surface area contributed by atoms with Crippen LogP contribution in [0.1, 0.15) is 42.9 Å². The molecule has 0 aliphatic carbocycles. The predicted molar refractivity (Wildman–Crippen MR) is 106 cm³/mol. The Labute approximate surface area is 160 Å². The van der Waals surface area contributed by atoms with E-state index in [1.165, 1.54) is 17.5 Å². The first-order valence-electron chi connectivity index (χ1n) is 8.38. The molecule has 140 valence electrons. The van der Waals surface area contributed by atoms with Crippen molar-refractivity contribution in [1.82, 2.24) is 15.0 Å². The average molecular weight is 384 g/mol. The number of hydrogen-bond donors (Lipinski definition) is 2. The minimum atomic E-state index is -0.293. The second-order valence-electron chi connectivity index (χ2n) is 6.96. The molecule has 0 saturated heterocycles. The number of rotatable bonds is 5. The van der Waals surface area contributed by atoms with E-state index in [0.29, 0.717) is 16.6 Å².